The summed E-state index contributed by atoms with van der Waals surface area (Å²) < 4.78 is 18.0. The van der Waals surface area contributed by atoms with Crippen molar-refractivity contribution >= 4 is 40.8 Å². The molecule has 2 aliphatic heterocycles. The van der Waals surface area contributed by atoms with Gasteiger partial charge in [-0.15, -0.1) is 23.5 Å². The second-order valence-corrected chi connectivity index (χ2v) is 15.9. The smallest absolute Gasteiger partial charge is 0.256 e. The highest BCUT2D eigenvalue weighted by Crippen LogP contribution is 2.38. The molecule has 6 N–H and O–H groups in total. The van der Waals surface area contributed by atoms with Gasteiger partial charge in [0, 0.05) is 42.3 Å². The lowest BCUT2D eigenvalue weighted by Gasteiger charge is -2.31. The van der Waals surface area contributed by atoms with Gasteiger partial charge < -0.3 is 50.1 Å². The highest BCUT2D eigenvalue weighted by Gasteiger charge is 2.36. The Hall–Kier alpha value is -3.66. The maximum atomic E-state index is 13.7. The van der Waals surface area contributed by atoms with E-state index in [1.807, 2.05) is 46.6 Å². The number of carbonyl (C=O) groups is 1. The number of nitrogens with zero attached hydrogens (tertiary/aromatic N) is 2. The highest BCUT2D eigenvalue weighted by atomic mass is 32.2. The van der Waals surface area contributed by atoms with E-state index in [0.29, 0.717) is 93.6 Å². The van der Waals surface area contributed by atoms with Crippen molar-refractivity contribution in [3.8, 4) is 17.2 Å². The normalized spacial score (nSPS) is 16.9. The minimum atomic E-state index is -0.418. The van der Waals surface area contributed by atoms with E-state index in [2.05, 4.69) is 19.0 Å². The van der Waals surface area contributed by atoms with Crippen LogP contribution in [0.25, 0.3) is 0 Å². The summed E-state index contributed by atoms with van der Waals surface area (Å²) in [4.78, 5) is 21.4. The molecule has 1 amide bonds. The van der Waals surface area contributed by atoms with E-state index in [-0.39, 0.29) is 38.4 Å². The zero-order chi connectivity index (χ0) is 37.9. The Kier molecular flexibility index (Phi) is 15.0. The van der Waals surface area contributed by atoms with Gasteiger partial charge in [-0.05, 0) is 83.0 Å². The number of anilines is 1. The standard InChI is InChI=1S/C39H51N3O9S2/c1-4-52-39(53-5-2)33-8-6-11-42(33)38(47)29-16-28(22-45)35(18-31(29)40)50-13-7-12-49-34-10-9-24(17-37(34)48-3)32-19-36(51-41-32)25-14-26(20-43)30(23-46)27(15-25)21-44/h9-10,14-18,33,36,39,43-46H,4-8,11-13,19-23,40H2,1-3H3/t33-,36?/m0/s1. The van der Waals surface area contributed by atoms with E-state index in [1.165, 1.54) is 0 Å². The third kappa shape index (κ3) is 9.53. The molecular formula is C39H51N3O9S2. The molecule has 0 saturated carbocycles. The number of hydrogen-bond donors (Lipinski definition) is 5. The van der Waals surface area contributed by atoms with Gasteiger partial charge in [0.1, 0.15) is 5.75 Å². The summed E-state index contributed by atoms with van der Waals surface area (Å²) in [5.41, 5.74) is 11.5. The number of oxime groups is 1. The lowest BCUT2D eigenvalue weighted by Crippen LogP contribution is -2.41. The van der Waals surface area contributed by atoms with E-state index < -0.39 is 6.10 Å². The Morgan fingerprint density at radius 2 is 1.60 bits per heavy atom. The van der Waals surface area contributed by atoms with E-state index in [9.17, 15) is 25.2 Å². The number of amides is 1. The molecule has 1 unspecified atom stereocenters. The van der Waals surface area contributed by atoms with Gasteiger partial charge in [-0.25, -0.2) is 0 Å². The molecule has 12 nitrogen and oxygen atoms in total. The molecule has 0 spiro atoms. The van der Waals surface area contributed by atoms with Gasteiger partial charge in [-0.1, -0.05) is 19.0 Å². The van der Waals surface area contributed by atoms with Gasteiger partial charge in [0.05, 0.1) is 68.7 Å². The van der Waals surface area contributed by atoms with Crippen molar-refractivity contribution in [1.82, 2.24) is 4.90 Å². The number of likely N-dealkylation sites (tertiary alicyclic amines) is 1. The van der Waals surface area contributed by atoms with Crippen LogP contribution < -0.4 is 19.9 Å². The third-order valence-electron chi connectivity index (χ3n) is 9.47. The summed E-state index contributed by atoms with van der Waals surface area (Å²) >= 11 is 3.77. The number of nitrogen functional groups attached to an aromatic ring is 1. The van der Waals surface area contributed by atoms with Crippen LogP contribution in [0.5, 0.6) is 17.2 Å². The minimum Gasteiger partial charge on any atom is -0.493 e. The number of carbonyl (C=O) groups excluding carboxylic acids is 1. The van der Waals surface area contributed by atoms with Crippen LogP contribution in [0.1, 0.15) is 89.4 Å². The molecule has 2 atom stereocenters. The van der Waals surface area contributed by atoms with Crippen LogP contribution in [0.2, 0.25) is 0 Å². The summed E-state index contributed by atoms with van der Waals surface area (Å²) in [5.74, 6) is 3.38. The van der Waals surface area contributed by atoms with Crippen molar-refractivity contribution in [1.29, 1.82) is 0 Å². The molecule has 1 saturated heterocycles. The van der Waals surface area contributed by atoms with Gasteiger partial charge in [-0.3, -0.25) is 4.79 Å². The van der Waals surface area contributed by atoms with Crippen LogP contribution in [0.3, 0.4) is 0 Å². The number of thioether (sulfide) groups is 2. The molecule has 1 fully saturated rings. The maximum Gasteiger partial charge on any atom is 0.256 e. The van der Waals surface area contributed by atoms with Crippen molar-refractivity contribution in [3.63, 3.8) is 0 Å². The molecule has 0 aliphatic carbocycles. The van der Waals surface area contributed by atoms with Gasteiger partial charge in [0.25, 0.3) is 5.91 Å². The number of hydrogen-bond acceptors (Lipinski definition) is 13. The monoisotopic (exact) mass is 769 g/mol. The summed E-state index contributed by atoms with van der Waals surface area (Å²) in [6, 6.07) is 12.5. The number of ether oxygens (including phenoxy) is 3. The van der Waals surface area contributed by atoms with Crippen molar-refractivity contribution < 1.29 is 44.3 Å². The fraction of sp³-hybridized carbons (Fsp3) is 0.487. The molecule has 0 bridgehead atoms. The molecular weight excluding hydrogens is 719 g/mol. The summed E-state index contributed by atoms with van der Waals surface area (Å²) in [6.07, 6.45) is 2.50. The average molecular weight is 770 g/mol. The van der Waals surface area contributed by atoms with Crippen LogP contribution in [0.15, 0.2) is 47.6 Å². The highest BCUT2D eigenvalue weighted by molar-refractivity contribution is 8.17. The molecule has 288 valence electrons. The number of methoxy groups -OCH3 is 1. The van der Waals surface area contributed by atoms with Crippen molar-refractivity contribution in [3.05, 3.63) is 81.4 Å². The molecule has 2 heterocycles. The molecule has 2 aliphatic rings. The summed E-state index contributed by atoms with van der Waals surface area (Å²) in [6.45, 7) is 4.49. The SMILES string of the molecule is CCSC(SCC)[C@@H]1CCCN1C(=O)c1cc(CO)c(OCCCOc2ccc(C3=NOC(c4cc(CO)c(CO)c(CO)c4)C3)cc2OC)cc1N. The van der Waals surface area contributed by atoms with Crippen LogP contribution in [0, 0.1) is 0 Å². The second-order valence-electron chi connectivity index (χ2n) is 12.7. The lowest BCUT2D eigenvalue weighted by atomic mass is 9.93. The molecule has 3 aromatic rings. The number of benzene rings is 3. The third-order valence-corrected chi connectivity index (χ3v) is 12.2. The number of aliphatic hydroxyl groups excluding tert-OH is 4. The topological polar surface area (TPSA) is 177 Å². The van der Waals surface area contributed by atoms with Gasteiger partial charge in [-0.2, -0.15) is 0 Å². The predicted octanol–water partition coefficient (Wildman–Crippen LogP) is 5.40. The Morgan fingerprint density at radius 3 is 2.23 bits per heavy atom. The van der Waals surface area contributed by atoms with Crippen LogP contribution in [-0.2, 0) is 31.3 Å². The van der Waals surface area contributed by atoms with E-state index >= 15 is 0 Å². The zero-order valence-electron chi connectivity index (χ0n) is 30.6. The Balaban J connectivity index is 1.16. The molecule has 0 radical (unpaired) electrons. The summed E-state index contributed by atoms with van der Waals surface area (Å²) in [7, 11) is 1.56. The maximum absolute atomic E-state index is 13.7. The fourth-order valence-corrected chi connectivity index (χ4v) is 9.65. The van der Waals surface area contributed by atoms with E-state index in [4.69, 9.17) is 24.8 Å². The van der Waals surface area contributed by atoms with Crippen LogP contribution in [-0.4, -0.2) is 85.9 Å². The number of rotatable bonds is 19. The van der Waals surface area contributed by atoms with Gasteiger partial charge in [0.2, 0.25) is 0 Å². The average Bonchev–Trinajstić information content (AvgIpc) is 3.88. The molecule has 5 rings (SSSR count). The predicted molar refractivity (Wildman–Crippen MR) is 209 cm³/mol. The van der Waals surface area contributed by atoms with Crippen LogP contribution in [0.4, 0.5) is 5.69 Å². The van der Waals surface area contributed by atoms with Crippen molar-refractivity contribution in [2.75, 3.05) is 44.1 Å². The van der Waals surface area contributed by atoms with E-state index in [0.717, 1.165) is 35.5 Å². The Bertz CT molecular complexity index is 1710. The van der Waals surface area contributed by atoms with E-state index in [1.54, 1.807) is 31.4 Å². The fourth-order valence-electron chi connectivity index (χ4n) is 6.78. The lowest BCUT2D eigenvalue weighted by molar-refractivity contribution is 0.0746. The Labute approximate surface area is 319 Å². The molecule has 53 heavy (non-hydrogen) atoms. The van der Waals surface area contributed by atoms with Gasteiger partial charge in [0.15, 0.2) is 17.6 Å². The second kappa shape index (κ2) is 19.6. The minimum absolute atomic E-state index is 0.104. The zero-order valence-corrected chi connectivity index (χ0v) is 32.2. The molecule has 0 aromatic heterocycles. The molecule has 3 aromatic carbocycles. The molecule has 14 heteroatoms. The van der Waals surface area contributed by atoms with Gasteiger partial charge >= 0.3 is 0 Å². The number of aliphatic hydroxyl groups is 4. The Morgan fingerprint density at radius 1 is 0.925 bits per heavy atom. The quantitative estimate of drug-likeness (QED) is 0.0598. The first kappa shape index (κ1) is 40.5. The first-order chi connectivity index (χ1) is 25.8. The van der Waals surface area contributed by atoms with Crippen molar-refractivity contribution in [2.45, 2.75) is 82.7 Å². The van der Waals surface area contributed by atoms with Crippen LogP contribution >= 0.6 is 23.5 Å². The first-order valence-corrected chi connectivity index (χ1v) is 20.1. The number of nitrogens with two attached hydrogens (primary N) is 1. The largest absolute Gasteiger partial charge is 0.493 e. The first-order valence-electron chi connectivity index (χ1n) is 18.0. The van der Waals surface area contributed by atoms with Crippen molar-refractivity contribution in [2.24, 2.45) is 5.16 Å². The summed E-state index contributed by atoms with van der Waals surface area (Å²) in [5, 5.41) is 43.8.